The lowest BCUT2D eigenvalue weighted by atomic mass is 9.96. The first kappa shape index (κ1) is 36.7. The average molecular weight is 679 g/mol. The predicted molar refractivity (Wildman–Crippen MR) is 181 cm³/mol. The molecular formula is C36H46N4O7S. The molecule has 0 bridgehead atoms. The topological polar surface area (TPSA) is 126 Å². The SMILES string of the molecule is CN(C=O)[C@H]1CCCN(S(=O)(=O)c2ccccc2)CCCCO[C@H](N(C=O)OCc2ccccc2)[C@@H](CCCc2ccccc2)C(=O)N1. The van der Waals surface area contributed by atoms with Gasteiger partial charge in [0.25, 0.3) is 0 Å². The number of carbonyl (C=O) groups excluding carboxylic acids is 3. The molecule has 1 heterocycles. The van der Waals surface area contributed by atoms with E-state index >= 15 is 0 Å². The number of carbonyl (C=O) groups is 3. The normalized spacial score (nSPS) is 20.2. The summed E-state index contributed by atoms with van der Waals surface area (Å²) in [5.74, 6) is -1.22. The van der Waals surface area contributed by atoms with E-state index in [1.807, 2.05) is 60.7 Å². The first-order chi connectivity index (χ1) is 23.3. The Morgan fingerprint density at radius 1 is 0.875 bits per heavy atom. The van der Waals surface area contributed by atoms with E-state index in [1.165, 1.54) is 9.21 Å². The van der Waals surface area contributed by atoms with E-state index in [2.05, 4.69) is 5.32 Å². The van der Waals surface area contributed by atoms with Crippen LogP contribution < -0.4 is 5.32 Å². The van der Waals surface area contributed by atoms with Crippen molar-refractivity contribution in [3.8, 4) is 0 Å². The molecule has 0 aromatic heterocycles. The average Bonchev–Trinajstić information content (AvgIpc) is 3.12. The second-order valence-corrected chi connectivity index (χ2v) is 13.8. The fraction of sp³-hybridized carbons (Fsp3) is 0.417. The Balaban J connectivity index is 1.60. The molecule has 1 aliphatic rings. The lowest BCUT2D eigenvalue weighted by Crippen LogP contribution is -2.53. The van der Waals surface area contributed by atoms with Crippen LogP contribution in [0, 0.1) is 5.92 Å². The maximum absolute atomic E-state index is 14.1. The highest BCUT2D eigenvalue weighted by atomic mass is 32.2. The highest BCUT2D eigenvalue weighted by Gasteiger charge is 2.36. The molecule has 3 aromatic carbocycles. The molecule has 1 aliphatic heterocycles. The molecule has 12 heteroatoms. The molecule has 1 N–H and O–H groups in total. The third-order valence-electron chi connectivity index (χ3n) is 8.41. The summed E-state index contributed by atoms with van der Waals surface area (Å²) < 4.78 is 34.9. The van der Waals surface area contributed by atoms with Crippen molar-refractivity contribution in [1.29, 1.82) is 0 Å². The van der Waals surface area contributed by atoms with Crippen molar-refractivity contribution in [3.63, 3.8) is 0 Å². The molecule has 0 spiro atoms. The van der Waals surface area contributed by atoms with Gasteiger partial charge in [-0.25, -0.2) is 8.42 Å². The van der Waals surface area contributed by atoms with Crippen LogP contribution in [0.4, 0.5) is 0 Å². The van der Waals surface area contributed by atoms with Gasteiger partial charge in [-0.05, 0) is 68.2 Å². The molecule has 48 heavy (non-hydrogen) atoms. The molecule has 0 aliphatic carbocycles. The lowest BCUT2D eigenvalue weighted by Gasteiger charge is -2.35. The van der Waals surface area contributed by atoms with E-state index in [1.54, 1.807) is 37.4 Å². The Labute approximate surface area is 283 Å². The molecule has 1 saturated heterocycles. The van der Waals surface area contributed by atoms with Gasteiger partial charge in [-0.2, -0.15) is 9.37 Å². The Hall–Kier alpha value is -4.10. The van der Waals surface area contributed by atoms with Gasteiger partial charge in [-0.3, -0.25) is 19.2 Å². The standard InChI is InChI=1S/C36H46N4O7S/c1-38(28-41)34-23-14-25-39(48(44,45)32-20-9-4-10-21-32)24-11-12-26-46-36(40(29-42)47-27-31-17-7-3-8-18-31)33(35(43)37-34)22-13-19-30-15-5-2-6-16-30/h2-10,15-18,20-21,28-29,33-34,36H,11-14,19,22-27H2,1H3,(H,37,43)/t33-,34-,36-/m0/s1. The van der Waals surface area contributed by atoms with Crippen molar-refractivity contribution >= 4 is 28.8 Å². The minimum atomic E-state index is -3.78. The molecule has 0 unspecified atom stereocenters. The van der Waals surface area contributed by atoms with Crippen LogP contribution in [0.5, 0.6) is 0 Å². The number of aryl methyl sites for hydroxylation is 1. The second-order valence-electron chi connectivity index (χ2n) is 11.8. The molecule has 11 nitrogen and oxygen atoms in total. The molecule has 3 atom stereocenters. The molecule has 3 amide bonds. The van der Waals surface area contributed by atoms with E-state index in [0.29, 0.717) is 57.8 Å². The van der Waals surface area contributed by atoms with Crippen LogP contribution in [0.1, 0.15) is 49.7 Å². The number of hydrogen-bond donors (Lipinski definition) is 1. The highest BCUT2D eigenvalue weighted by Crippen LogP contribution is 2.24. The van der Waals surface area contributed by atoms with Crippen LogP contribution in [0.25, 0.3) is 0 Å². The van der Waals surface area contributed by atoms with Crippen molar-refractivity contribution < 1.29 is 32.4 Å². The van der Waals surface area contributed by atoms with Crippen LogP contribution in [-0.2, 0) is 47.0 Å². The van der Waals surface area contributed by atoms with Crippen LogP contribution in [0.15, 0.2) is 95.9 Å². The number of hydrogen-bond acceptors (Lipinski definition) is 7. The van der Waals surface area contributed by atoms with Gasteiger partial charge >= 0.3 is 0 Å². The number of sulfonamides is 1. The van der Waals surface area contributed by atoms with Gasteiger partial charge in [0.2, 0.25) is 28.8 Å². The maximum atomic E-state index is 14.1. The maximum Gasteiger partial charge on any atom is 0.243 e. The minimum Gasteiger partial charge on any atom is -0.355 e. The van der Waals surface area contributed by atoms with Crippen LogP contribution in [0.2, 0.25) is 0 Å². The van der Waals surface area contributed by atoms with Gasteiger partial charge in [-0.1, -0.05) is 78.9 Å². The fourth-order valence-electron chi connectivity index (χ4n) is 5.70. The first-order valence-corrected chi connectivity index (χ1v) is 17.9. The number of nitrogens with zero attached hydrogens (tertiary/aromatic N) is 3. The predicted octanol–water partition coefficient (Wildman–Crippen LogP) is 4.35. The Kier molecular flexibility index (Phi) is 14.6. The molecule has 0 saturated carbocycles. The third kappa shape index (κ3) is 10.7. The van der Waals surface area contributed by atoms with Crippen LogP contribution >= 0.6 is 0 Å². The van der Waals surface area contributed by atoms with Crippen molar-refractivity contribution in [1.82, 2.24) is 19.6 Å². The molecule has 258 valence electrons. The van der Waals surface area contributed by atoms with Gasteiger partial charge in [0.15, 0.2) is 6.23 Å². The number of nitrogens with one attached hydrogen (secondary N) is 1. The summed E-state index contributed by atoms with van der Waals surface area (Å²) in [7, 11) is -2.21. The number of benzene rings is 3. The number of amides is 3. The second kappa shape index (κ2) is 19.0. The zero-order valence-corrected chi connectivity index (χ0v) is 28.2. The summed E-state index contributed by atoms with van der Waals surface area (Å²) in [5.41, 5.74) is 1.96. The number of hydroxylamine groups is 2. The number of ether oxygens (including phenoxy) is 1. The Bertz CT molecular complexity index is 1510. The quantitative estimate of drug-likeness (QED) is 0.211. The Morgan fingerprint density at radius 3 is 2.15 bits per heavy atom. The summed E-state index contributed by atoms with van der Waals surface area (Å²) in [5, 5.41) is 4.06. The lowest BCUT2D eigenvalue weighted by molar-refractivity contribution is -0.252. The van der Waals surface area contributed by atoms with E-state index in [0.717, 1.165) is 16.2 Å². The summed E-state index contributed by atoms with van der Waals surface area (Å²) >= 11 is 0. The first-order valence-electron chi connectivity index (χ1n) is 16.4. The molecule has 3 aromatic rings. The minimum absolute atomic E-state index is 0.0839. The summed E-state index contributed by atoms with van der Waals surface area (Å²) in [6.45, 7) is 0.713. The monoisotopic (exact) mass is 678 g/mol. The van der Waals surface area contributed by atoms with Gasteiger partial charge in [0, 0.05) is 26.7 Å². The van der Waals surface area contributed by atoms with E-state index in [4.69, 9.17) is 9.57 Å². The van der Waals surface area contributed by atoms with E-state index < -0.39 is 34.2 Å². The Morgan fingerprint density at radius 2 is 1.50 bits per heavy atom. The zero-order chi connectivity index (χ0) is 34.2. The summed E-state index contributed by atoms with van der Waals surface area (Å²) in [6.07, 6.45) is 2.78. The highest BCUT2D eigenvalue weighted by molar-refractivity contribution is 7.89. The van der Waals surface area contributed by atoms with Crippen molar-refractivity contribution in [2.75, 3.05) is 26.7 Å². The molecule has 0 radical (unpaired) electrons. The van der Waals surface area contributed by atoms with E-state index in [-0.39, 0.29) is 31.2 Å². The van der Waals surface area contributed by atoms with Gasteiger partial charge in [0.05, 0.1) is 10.8 Å². The van der Waals surface area contributed by atoms with Crippen molar-refractivity contribution in [2.24, 2.45) is 5.92 Å². The van der Waals surface area contributed by atoms with Gasteiger partial charge in [0.1, 0.15) is 12.8 Å². The number of rotatable bonds is 13. The van der Waals surface area contributed by atoms with Crippen LogP contribution in [0.3, 0.4) is 0 Å². The smallest absolute Gasteiger partial charge is 0.243 e. The largest absolute Gasteiger partial charge is 0.355 e. The third-order valence-corrected chi connectivity index (χ3v) is 10.3. The van der Waals surface area contributed by atoms with E-state index in [9.17, 15) is 22.8 Å². The zero-order valence-electron chi connectivity index (χ0n) is 27.4. The van der Waals surface area contributed by atoms with Gasteiger partial charge < -0.3 is 15.0 Å². The summed E-state index contributed by atoms with van der Waals surface area (Å²) in [4.78, 5) is 46.1. The van der Waals surface area contributed by atoms with Crippen molar-refractivity contribution in [2.45, 2.75) is 68.8 Å². The molecule has 4 rings (SSSR count). The van der Waals surface area contributed by atoms with Crippen molar-refractivity contribution in [3.05, 3.63) is 102 Å². The molecule has 1 fully saturated rings. The fourth-order valence-corrected chi connectivity index (χ4v) is 7.24. The van der Waals surface area contributed by atoms with Crippen LogP contribution in [-0.4, -0.2) is 80.6 Å². The molecular weight excluding hydrogens is 632 g/mol. The summed E-state index contributed by atoms with van der Waals surface area (Å²) in [6, 6.07) is 27.6. The van der Waals surface area contributed by atoms with Gasteiger partial charge in [-0.15, -0.1) is 0 Å².